The Labute approximate surface area is 102 Å². The van der Waals surface area contributed by atoms with Crippen molar-refractivity contribution in [3.05, 3.63) is 40.4 Å². The number of benzene rings is 1. The zero-order valence-electron chi connectivity index (χ0n) is 8.28. The molecule has 0 fully saturated rings. The standard InChI is InChI=1S/C10H7BrF5N/c11-7-2-1-6(10(14,15)16)5-8(7)17-4-3-9(12)13/h1-3,5,17H,4H2. The molecule has 7 heteroatoms. The van der Waals surface area contributed by atoms with E-state index in [-0.39, 0.29) is 12.2 Å². The molecule has 0 saturated carbocycles. The van der Waals surface area contributed by atoms with Crippen molar-refractivity contribution in [2.75, 3.05) is 11.9 Å². The molecule has 0 radical (unpaired) electrons. The Morgan fingerprint density at radius 2 is 1.94 bits per heavy atom. The predicted octanol–water partition coefficient (Wildman–Crippen LogP) is 4.66. The van der Waals surface area contributed by atoms with Crippen LogP contribution in [0.4, 0.5) is 27.6 Å². The molecule has 0 bridgehead atoms. The second kappa shape index (κ2) is 5.48. The minimum Gasteiger partial charge on any atom is -0.380 e. The number of alkyl halides is 3. The molecule has 1 nitrogen and oxygen atoms in total. The first-order valence-electron chi connectivity index (χ1n) is 4.42. The average Bonchev–Trinajstić information content (AvgIpc) is 2.18. The summed E-state index contributed by atoms with van der Waals surface area (Å²) in [7, 11) is 0. The Morgan fingerprint density at radius 3 is 2.47 bits per heavy atom. The summed E-state index contributed by atoms with van der Waals surface area (Å²) in [6, 6.07) is 2.97. The molecule has 0 aliphatic rings. The van der Waals surface area contributed by atoms with Gasteiger partial charge in [0.1, 0.15) is 0 Å². The molecule has 1 aromatic rings. The number of rotatable bonds is 3. The summed E-state index contributed by atoms with van der Waals surface area (Å²) in [5.41, 5.74) is -0.731. The van der Waals surface area contributed by atoms with E-state index in [9.17, 15) is 22.0 Å². The molecule has 1 aromatic carbocycles. The van der Waals surface area contributed by atoms with Crippen LogP contribution in [0.25, 0.3) is 0 Å². The van der Waals surface area contributed by atoms with Gasteiger partial charge in [-0.25, -0.2) is 0 Å². The Balaban J connectivity index is 2.88. The Kier molecular flexibility index (Phi) is 4.50. The average molecular weight is 316 g/mol. The topological polar surface area (TPSA) is 12.0 Å². The highest BCUT2D eigenvalue weighted by Crippen LogP contribution is 2.33. The third kappa shape index (κ3) is 4.33. The summed E-state index contributed by atoms with van der Waals surface area (Å²) >= 11 is 3.03. The van der Waals surface area contributed by atoms with Crippen LogP contribution in [-0.4, -0.2) is 6.54 Å². The van der Waals surface area contributed by atoms with Crippen molar-refractivity contribution in [3.63, 3.8) is 0 Å². The van der Waals surface area contributed by atoms with Crippen LogP contribution in [0.3, 0.4) is 0 Å². The van der Waals surface area contributed by atoms with Gasteiger partial charge in [0.05, 0.1) is 5.56 Å². The quantitative estimate of drug-likeness (QED) is 0.800. The van der Waals surface area contributed by atoms with Crippen LogP contribution in [0.1, 0.15) is 5.56 Å². The minimum atomic E-state index is -4.46. The van der Waals surface area contributed by atoms with Crippen LogP contribution in [0, 0.1) is 0 Å². The molecule has 0 heterocycles. The van der Waals surface area contributed by atoms with Gasteiger partial charge in [-0.05, 0) is 34.1 Å². The molecule has 1 rings (SSSR count). The fraction of sp³-hybridized carbons (Fsp3) is 0.200. The van der Waals surface area contributed by atoms with E-state index in [0.29, 0.717) is 10.5 Å². The second-order valence-electron chi connectivity index (χ2n) is 3.07. The van der Waals surface area contributed by atoms with Crippen LogP contribution in [-0.2, 0) is 6.18 Å². The minimum absolute atomic E-state index is 0.109. The lowest BCUT2D eigenvalue weighted by Crippen LogP contribution is -2.07. The fourth-order valence-corrected chi connectivity index (χ4v) is 1.46. The van der Waals surface area contributed by atoms with E-state index in [1.807, 2.05) is 0 Å². The first-order valence-corrected chi connectivity index (χ1v) is 5.22. The molecule has 0 spiro atoms. The smallest absolute Gasteiger partial charge is 0.380 e. The zero-order valence-corrected chi connectivity index (χ0v) is 9.87. The van der Waals surface area contributed by atoms with E-state index in [4.69, 9.17) is 0 Å². The van der Waals surface area contributed by atoms with E-state index in [1.54, 1.807) is 0 Å². The summed E-state index contributed by atoms with van der Waals surface area (Å²) in [4.78, 5) is 0. The van der Waals surface area contributed by atoms with Crippen molar-refractivity contribution < 1.29 is 22.0 Å². The first kappa shape index (κ1) is 14.0. The summed E-state index contributed by atoms with van der Waals surface area (Å²) in [5, 5.41) is 2.45. The van der Waals surface area contributed by atoms with Crippen molar-refractivity contribution in [3.8, 4) is 0 Å². The number of halogens is 6. The van der Waals surface area contributed by atoms with Gasteiger partial charge in [-0.1, -0.05) is 0 Å². The highest BCUT2D eigenvalue weighted by molar-refractivity contribution is 9.10. The molecule has 0 aromatic heterocycles. The Bertz CT molecular complexity index is 423. The SMILES string of the molecule is FC(F)=CCNc1cc(C(F)(F)F)ccc1Br. The first-order chi connectivity index (χ1) is 7.80. The molecule has 0 saturated heterocycles. The summed E-state index contributed by atoms with van der Waals surface area (Å²) in [6.45, 7) is -0.248. The van der Waals surface area contributed by atoms with Crippen LogP contribution in [0.2, 0.25) is 0 Å². The van der Waals surface area contributed by atoms with Crippen molar-refractivity contribution in [2.24, 2.45) is 0 Å². The number of anilines is 1. The van der Waals surface area contributed by atoms with Crippen LogP contribution in [0.5, 0.6) is 0 Å². The van der Waals surface area contributed by atoms with Crippen molar-refractivity contribution in [1.82, 2.24) is 0 Å². The highest BCUT2D eigenvalue weighted by atomic mass is 79.9. The van der Waals surface area contributed by atoms with E-state index in [0.717, 1.165) is 12.1 Å². The van der Waals surface area contributed by atoms with Crippen molar-refractivity contribution in [1.29, 1.82) is 0 Å². The Hall–Kier alpha value is -1.11. The lowest BCUT2D eigenvalue weighted by atomic mass is 10.2. The maximum atomic E-state index is 12.4. The van der Waals surface area contributed by atoms with Gasteiger partial charge in [-0.3, -0.25) is 0 Å². The van der Waals surface area contributed by atoms with Gasteiger partial charge >= 0.3 is 6.18 Å². The van der Waals surface area contributed by atoms with Crippen LogP contribution >= 0.6 is 15.9 Å². The monoisotopic (exact) mass is 315 g/mol. The molecule has 0 aliphatic heterocycles. The van der Waals surface area contributed by atoms with Gasteiger partial charge in [0.25, 0.3) is 6.08 Å². The number of hydrogen-bond donors (Lipinski definition) is 1. The van der Waals surface area contributed by atoms with Crippen LogP contribution in [0.15, 0.2) is 34.8 Å². The molecular weight excluding hydrogens is 309 g/mol. The molecule has 1 N–H and O–H groups in total. The molecule has 0 aliphatic carbocycles. The number of nitrogens with one attached hydrogen (secondary N) is 1. The summed E-state index contributed by atoms with van der Waals surface area (Å²) in [5.74, 6) is 0. The molecule has 0 atom stereocenters. The van der Waals surface area contributed by atoms with E-state index < -0.39 is 17.8 Å². The summed E-state index contributed by atoms with van der Waals surface area (Å²) in [6.07, 6.45) is -5.77. The van der Waals surface area contributed by atoms with Gasteiger partial charge < -0.3 is 5.32 Å². The highest BCUT2D eigenvalue weighted by Gasteiger charge is 2.30. The number of hydrogen-bond acceptors (Lipinski definition) is 1. The lowest BCUT2D eigenvalue weighted by molar-refractivity contribution is -0.137. The van der Waals surface area contributed by atoms with Gasteiger partial charge in [-0.15, -0.1) is 0 Å². The normalized spacial score (nSPS) is 11.2. The van der Waals surface area contributed by atoms with Crippen molar-refractivity contribution in [2.45, 2.75) is 6.18 Å². The van der Waals surface area contributed by atoms with Crippen LogP contribution < -0.4 is 5.32 Å². The van der Waals surface area contributed by atoms with Gasteiger partial charge in [0, 0.05) is 22.8 Å². The predicted molar refractivity (Wildman–Crippen MR) is 57.9 cm³/mol. The lowest BCUT2D eigenvalue weighted by Gasteiger charge is -2.11. The van der Waals surface area contributed by atoms with Gasteiger partial charge in [0.15, 0.2) is 0 Å². The third-order valence-electron chi connectivity index (χ3n) is 1.84. The molecular formula is C10H7BrF5N. The van der Waals surface area contributed by atoms with Gasteiger partial charge in [0.2, 0.25) is 0 Å². The molecule has 0 amide bonds. The fourth-order valence-electron chi connectivity index (χ4n) is 1.08. The zero-order chi connectivity index (χ0) is 13.1. The largest absolute Gasteiger partial charge is 0.416 e. The molecule has 0 unspecified atom stereocenters. The summed E-state index contributed by atoms with van der Waals surface area (Å²) < 4.78 is 61.0. The second-order valence-corrected chi connectivity index (χ2v) is 3.92. The van der Waals surface area contributed by atoms with E-state index in [1.165, 1.54) is 6.07 Å². The van der Waals surface area contributed by atoms with Crippen molar-refractivity contribution >= 4 is 21.6 Å². The van der Waals surface area contributed by atoms with E-state index in [2.05, 4.69) is 21.2 Å². The maximum absolute atomic E-state index is 12.4. The third-order valence-corrected chi connectivity index (χ3v) is 2.53. The molecule has 94 valence electrons. The molecule has 17 heavy (non-hydrogen) atoms. The van der Waals surface area contributed by atoms with Gasteiger partial charge in [-0.2, -0.15) is 22.0 Å². The van der Waals surface area contributed by atoms with E-state index >= 15 is 0 Å². The maximum Gasteiger partial charge on any atom is 0.416 e. The Morgan fingerprint density at radius 1 is 1.29 bits per heavy atom.